The summed E-state index contributed by atoms with van der Waals surface area (Å²) in [5.41, 5.74) is 2.23. The summed E-state index contributed by atoms with van der Waals surface area (Å²) in [6.07, 6.45) is 0. The van der Waals surface area contributed by atoms with E-state index in [0.29, 0.717) is 19.0 Å². The second-order valence-corrected chi connectivity index (χ2v) is 8.68. The highest BCUT2D eigenvalue weighted by atomic mass is 32.2. The second-order valence-electron chi connectivity index (χ2n) is 6.94. The van der Waals surface area contributed by atoms with Crippen molar-refractivity contribution in [3.63, 3.8) is 0 Å². The monoisotopic (exact) mass is 420 g/mol. The molecule has 1 atom stereocenters. The smallest absolute Gasteiger partial charge is 0.244 e. The number of benzene rings is 2. The molecule has 1 saturated heterocycles. The average Bonchev–Trinajstić information content (AvgIpc) is 2.75. The Labute approximate surface area is 172 Å². The number of nitrogens with zero attached hydrogens (tertiary/aromatic N) is 1. The number of hydrogen-bond donors (Lipinski definition) is 1. The zero-order valence-electron chi connectivity index (χ0n) is 17.1. The topological polar surface area (TPSA) is 77.1 Å². The van der Waals surface area contributed by atoms with E-state index in [1.54, 1.807) is 12.1 Å². The minimum absolute atomic E-state index is 0.0592. The summed E-state index contributed by atoms with van der Waals surface area (Å²) in [6.45, 7) is 5.06. The van der Waals surface area contributed by atoms with Gasteiger partial charge in [-0.25, -0.2) is 13.1 Å². The van der Waals surface area contributed by atoms with Crippen LogP contribution in [-0.4, -0.2) is 60.4 Å². The van der Waals surface area contributed by atoms with Gasteiger partial charge >= 0.3 is 0 Å². The molecule has 29 heavy (non-hydrogen) atoms. The molecule has 7 nitrogen and oxygen atoms in total. The molecule has 0 aliphatic carbocycles. The Morgan fingerprint density at radius 1 is 1.07 bits per heavy atom. The van der Waals surface area contributed by atoms with Crippen molar-refractivity contribution in [2.24, 2.45) is 0 Å². The molecule has 2 aromatic rings. The van der Waals surface area contributed by atoms with Crippen LogP contribution in [0.4, 0.5) is 0 Å². The fourth-order valence-corrected chi connectivity index (χ4v) is 4.62. The summed E-state index contributed by atoms with van der Waals surface area (Å²) >= 11 is 0. The molecule has 1 heterocycles. The predicted molar refractivity (Wildman–Crippen MR) is 111 cm³/mol. The molecule has 8 heteroatoms. The maximum atomic E-state index is 13.1. The highest BCUT2D eigenvalue weighted by Gasteiger charge is 2.26. The number of ether oxygens (including phenoxy) is 3. The summed E-state index contributed by atoms with van der Waals surface area (Å²) in [6, 6.07) is 12.8. The molecule has 0 amide bonds. The van der Waals surface area contributed by atoms with Gasteiger partial charge < -0.3 is 14.2 Å². The van der Waals surface area contributed by atoms with Gasteiger partial charge in [0.2, 0.25) is 10.0 Å². The lowest BCUT2D eigenvalue weighted by molar-refractivity contribution is 0.0172. The third-order valence-electron chi connectivity index (χ3n) is 5.08. The number of sulfonamides is 1. The fourth-order valence-electron chi connectivity index (χ4n) is 3.40. The summed E-state index contributed by atoms with van der Waals surface area (Å²) in [7, 11) is -0.853. The van der Waals surface area contributed by atoms with Crippen LogP contribution in [0.1, 0.15) is 17.2 Å². The van der Waals surface area contributed by atoms with Crippen LogP contribution in [0, 0.1) is 6.92 Å². The summed E-state index contributed by atoms with van der Waals surface area (Å²) in [4.78, 5) is 2.31. The molecule has 1 aliphatic heterocycles. The van der Waals surface area contributed by atoms with Crippen molar-refractivity contribution in [2.45, 2.75) is 17.9 Å². The van der Waals surface area contributed by atoms with Gasteiger partial charge in [-0.3, -0.25) is 4.90 Å². The Balaban J connectivity index is 1.85. The van der Waals surface area contributed by atoms with Crippen LogP contribution in [0.5, 0.6) is 11.5 Å². The highest BCUT2D eigenvalue weighted by Crippen LogP contribution is 2.29. The van der Waals surface area contributed by atoms with E-state index in [1.807, 2.05) is 19.1 Å². The summed E-state index contributed by atoms with van der Waals surface area (Å²) in [5, 5.41) is 0. The van der Waals surface area contributed by atoms with E-state index in [2.05, 4.69) is 21.8 Å². The van der Waals surface area contributed by atoms with Crippen LogP contribution in [0.25, 0.3) is 0 Å². The van der Waals surface area contributed by atoms with Gasteiger partial charge in [-0.2, -0.15) is 0 Å². The van der Waals surface area contributed by atoms with Crippen LogP contribution in [-0.2, 0) is 14.8 Å². The molecule has 1 fully saturated rings. The van der Waals surface area contributed by atoms with Crippen LogP contribution in [0.3, 0.4) is 0 Å². The number of nitrogens with one attached hydrogen (secondary N) is 1. The highest BCUT2D eigenvalue weighted by molar-refractivity contribution is 7.89. The van der Waals surface area contributed by atoms with Gasteiger partial charge in [-0.15, -0.1) is 0 Å². The first-order valence-corrected chi connectivity index (χ1v) is 11.0. The third kappa shape index (κ3) is 5.27. The Kier molecular flexibility index (Phi) is 7.13. The quantitative estimate of drug-likeness (QED) is 0.707. The lowest BCUT2D eigenvalue weighted by Gasteiger charge is -2.35. The van der Waals surface area contributed by atoms with Gasteiger partial charge in [-0.05, 0) is 24.6 Å². The van der Waals surface area contributed by atoms with Crippen LogP contribution in [0.2, 0.25) is 0 Å². The zero-order valence-corrected chi connectivity index (χ0v) is 17.9. The minimum Gasteiger partial charge on any atom is -0.497 e. The summed E-state index contributed by atoms with van der Waals surface area (Å²) in [5.74, 6) is 0.728. The SMILES string of the molecule is COc1ccc(OC)c(S(=O)(=O)NC[C@H](c2ccc(C)cc2)N2CCOCC2)c1. The Morgan fingerprint density at radius 2 is 1.76 bits per heavy atom. The first-order chi connectivity index (χ1) is 13.9. The molecule has 1 N–H and O–H groups in total. The third-order valence-corrected chi connectivity index (χ3v) is 6.52. The summed E-state index contributed by atoms with van der Waals surface area (Å²) < 4.78 is 44.8. The molecule has 3 rings (SSSR count). The molecule has 0 spiro atoms. The van der Waals surface area contributed by atoms with Crippen LogP contribution >= 0.6 is 0 Å². The first-order valence-electron chi connectivity index (χ1n) is 9.54. The predicted octanol–water partition coefficient (Wildman–Crippen LogP) is 2.36. The van der Waals surface area contributed by atoms with E-state index >= 15 is 0 Å². The maximum Gasteiger partial charge on any atom is 0.244 e. The Hall–Kier alpha value is -2.13. The largest absolute Gasteiger partial charge is 0.497 e. The molecule has 158 valence electrons. The van der Waals surface area contributed by atoms with Crippen LogP contribution in [0.15, 0.2) is 47.4 Å². The van der Waals surface area contributed by atoms with E-state index in [0.717, 1.165) is 24.2 Å². The number of hydrogen-bond acceptors (Lipinski definition) is 6. The van der Waals surface area contributed by atoms with E-state index in [1.165, 1.54) is 20.3 Å². The molecule has 0 bridgehead atoms. The number of aryl methyl sites for hydroxylation is 1. The van der Waals surface area contributed by atoms with Gasteiger partial charge in [0.1, 0.15) is 16.4 Å². The Bertz CT molecular complexity index is 909. The van der Waals surface area contributed by atoms with Crippen molar-refractivity contribution in [3.8, 4) is 11.5 Å². The van der Waals surface area contributed by atoms with E-state index in [4.69, 9.17) is 14.2 Å². The van der Waals surface area contributed by atoms with Crippen molar-refractivity contribution < 1.29 is 22.6 Å². The standard InChI is InChI=1S/C21H28N2O5S/c1-16-4-6-17(7-5-16)19(23-10-12-28-13-11-23)15-22-29(24,25)21-14-18(26-2)8-9-20(21)27-3/h4-9,14,19,22H,10-13,15H2,1-3H3/t19-/m1/s1. The lowest BCUT2D eigenvalue weighted by atomic mass is 10.0. The van der Waals surface area contributed by atoms with Crippen molar-refractivity contribution in [3.05, 3.63) is 53.6 Å². The van der Waals surface area contributed by atoms with Gasteiger partial charge in [0.25, 0.3) is 0 Å². The normalized spacial score (nSPS) is 16.4. The van der Waals surface area contributed by atoms with E-state index in [9.17, 15) is 8.42 Å². The van der Waals surface area contributed by atoms with Crippen molar-refractivity contribution in [1.82, 2.24) is 9.62 Å². The van der Waals surface area contributed by atoms with Crippen molar-refractivity contribution in [2.75, 3.05) is 47.1 Å². The zero-order chi connectivity index (χ0) is 20.9. The van der Waals surface area contributed by atoms with E-state index in [-0.39, 0.29) is 23.2 Å². The van der Waals surface area contributed by atoms with Gasteiger partial charge in [0.05, 0.1) is 27.4 Å². The second kappa shape index (κ2) is 9.58. The van der Waals surface area contributed by atoms with Gasteiger partial charge in [-0.1, -0.05) is 29.8 Å². The van der Waals surface area contributed by atoms with E-state index < -0.39 is 10.0 Å². The van der Waals surface area contributed by atoms with Crippen molar-refractivity contribution >= 4 is 10.0 Å². The molecule has 1 aliphatic rings. The molecule has 0 aromatic heterocycles. The molecule has 0 saturated carbocycles. The number of methoxy groups -OCH3 is 2. The van der Waals surface area contributed by atoms with Gasteiger partial charge in [0.15, 0.2) is 0 Å². The first kappa shape index (κ1) is 21.6. The number of rotatable bonds is 8. The molecular weight excluding hydrogens is 392 g/mol. The van der Waals surface area contributed by atoms with Crippen LogP contribution < -0.4 is 14.2 Å². The van der Waals surface area contributed by atoms with Gasteiger partial charge in [0, 0.05) is 31.7 Å². The van der Waals surface area contributed by atoms with Crippen molar-refractivity contribution in [1.29, 1.82) is 0 Å². The molecular formula is C21H28N2O5S. The lowest BCUT2D eigenvalue weighted by Crippen LogP contribution is -2.43. The maximum absolute atomic E-state index is 13.1. The Morgan fingerprint density at radius 3 is 2.38 bits per heavy atom. The average molecular weight is 421 g/mol. The minimum atomic E-state index is -3.80. The number of morpholine rings is 1. The molecule has 0 radical (unpaired) electrons. The molecule has 0 unspecified atom stereocenters. The molecule has 2 aromatic carbocycles. The fraction of sp³-hybridized carbons (Fsp3) is 0.429.